The molecule has 1 N–H and O–H groups in total. The molecule has 4 aliphatic carbocycles. The number of aliphatic hydroxyl groups excluding tert-OH is 1. The molecule has 0 saturated heterocycles. The van der Waals surface area contributed by atoms with Crippen molar-refractivity contribution in [2.24, 2.45) is 35.5 Å². The zero-order valence-electron chi connectivity index (χ0n) is 18.4. The zero-order chi connectivity index (χ0) is 20.4. The molecule has 0 bridgehead atoms. The smallest absolute Gasteiger partial charge is 0.391 e. The maximum atomic E-state index is 13.0. The fourth-order valence-corrected chi connectivity index (χ4v) is 7.13. The Hall–Kier alpha value is 0.594. The molecule has 5 heteroatoms. The molecule has 0 aromatic heterocycles. The van der Waals surface area contributed by atoms with Crippen molar-refractivity contribution in [3.63, 3.8) is 0 Å². The molecule has 0 heterocycles. The summed E-state index contributed by atoms with van der Waals surface area (Å²) in [6, 6.07) is 0. The van der Waals surface area contributed by atoms with Gasteiger partial charge in [0.25, 0.3) is 0 Å². The van der Waals surface area contributed by atoms with Gasteiger partial charge in [0.05, 0.1) is 12.0 Å². The first-order valence-corrected chi connectivity index (χ1v) is 12.3. The molecule has 0 amide bonds. The van der Waals surface area contributed by atoms with Crippen LogP contribution >= 0.6 is 0 Å². The second-order valence-corrected chi connectivity index (χ2v) is 10.7. The van der Waals surface area contributed by atoms with Gasteiger partial charge in [-0.2, -0.15) is 13.2 Å². The van der Waals surface area contributed by atoms with Gasteiger partial charge in [-0.15, -0.1) is 0 Å². The number of alkyl halides is 3. The Labute approximate surface area is 205 Å². The van der Waals surface area contributed by atoms with E-state index in [1.54, 1.807) is 0 Å². The molecule has 0 aliphatic heterocycles. The Balaban J connectivity index is 0.00000256. The summed E-state index contributed by atoms with van der Waals surface area (Å²) in [5.41, 5.74) is 1.25. The predicted octanol–water partition coefficient (Wildman–Crippen LogP) is 7.44. The molecule has 169 valence electrons. The van der Waals surface area contributed by atoms with Gasteiger partial charge in [-0.25, -0.2) is 0 Å². The molecule has 4 unspecified atom stereocenters. The topological polar surface area (TPSA) is 20.2 Å². The maximum Gasteiger partial charge on any atom is 0.391 e. The van der Waals surface area contributed by atoms with Crippen LogP contribution in [0.1, 0.15) is 96.3 Å². The largest absolute Gasteiger partial charge is 0.392 e. The minimum absolute atomic E-state index is 0. The van der Waals surface area contributed by atoms with E-state index < -0.39 is 18.2 Å². The van der Waals surface area contributed by atoms with Crippen molar-refractivity contribution in [1.82, 2.24) is 0 Å². The third kappa shape index (κ3) is 6.34. The Morgan fingerprint density at radius 1 is 0.833 bits per heavy atom. The average Bonchev–Trinajstić information content (AvgIpc) is 3.21. The Morgan fingerprint density at radius 3 is 2.07 bits per heavy atom. The number of hydrogen-bond acceptors (Lipinski definition) is 1. The molecule has 30 heavy (non-hydrogen) atoms. The van der Waals surface area contributed by atoms with Crippen molar-refractivity contribution in [1.29, 1.82) is 0 Å². The van der Waals surface area contributed by atoms with Crippen LogP contribution < -0.4 is 0 Å². The van der Waals surface area contributed by atoms with E-state index in [1.807, 2.05) is 0 Å². The van der Waals surface area contributed by atoms with Gasteiger partial charge in [-0.05, 0) is 81.5 Å². The van der Waals surface area contributed by atoms with Crippen LogP contribution in [0.15, 0.2) is 11.6 Å². The molecule has 1 nitrogen and oxygen atoms in total. The molecule has 0 aromatic carbocycles. The molecule has 3 saturated carbocycles. The number of halogens is 3. The molecule has 4 atom stereocenters. The van der Waals surface area contributed by atoms with Crippen LogP contribution in [0.2, 0.25) is 0 Å². The molecule has 1 radical (unpaired) electrons. The van der Waals surface area contributed by atoms with Gasteiger partial charge in [-0.3, -0.25) is 0 Å². The van der Waals surface area contributed by atoms with Crippen LogP contribution in [0, 0.1) is 35.5 Å². The Bertz CT molecular complexity index is 561. The molecule has 0 aromatic rings. The monoisotopic (exact) mass is 501 g/mol. The molecule has 4 aliphatic rings. The van der Waals surface area contributed by atoms with Gasteiger partial charge < -0.3 is 5.11 Å². The minimum Gasteiger partial charge on any atom is -0.392 e. The van der Waals surface area contributed by atoms with Crippen molar-refractivity contribution in [3.05, 3.63) is 11.6 Å². The normalized spacial score (nSPS) is 38.7. The van der Waals surface area contributed by atoms with E-state index in [1.165, 1.54) is 69.8 Å². The fourth-order valence-electron chi connectivity index (χ4n) is 7.13. The summed E-state index contributed by atoms with van der Waals surface area (Å²) >= 11 is 0. The Morgan fingerprint density at radius 2 is 1.50 bits per heavy atom. The molecule has 4 rings (SSSR count). The number of aliphatic hydroxyl groups is 1. The molecule has 3 fully saturated rings. The van der Waals surface area contributed by atoms with Crippen LogP contribution in [0.5, 0.6) is 0 Å². The second-order valence-electron chi connectivity index (χ2n) is 10.7. The standard InChI is InChI=1S/C25H39F3O.Y/c26-25(27,28)22-13-14-23(24(29)16-22)21-11-9-20(10-12-21)19-7-5-18(6-8-19)15-17-3-1-2-4-17;/h11,17-20,22-24,29H,1-10,12-16H2;. The van der Waals surface area contributed by atoms with Crippen LogP contribution in [0.3, 0.4) is 0 Å². The summed E-state index contributed by atoms with van der Waals surface area (Å²) in [5.74, 6) is 2.23. The summed E-state index contributed by atoms with van der Waals surface area (Å²) < 4.78 is 38.9. The minimum atomic E-state index is -4.16. The van der Waals surface area contributed by atoms with Gasteiger partial charge in [0, 0.05) is 38.6 Å². The van der Waals surface area contributed by atoms with Crippen LogP contribution in [0.4, 0.5) is 13.2 Å². The third-order valence-corrected chi connectivity index (χ3v) is 8.94. The summed E-state index contributed by atoms with van der Waals surface area (Å²) in [6.07, 6.45) is 14.0. The van der Waals surface area contributed by atoms with Gasteiger partial charge in [-0.1, -0.05) is 50.2 Å². The van der Waals surface area contributed by atoms with E-state index in [9.17, 15) is 18.3 Å². The van der Waals surface area contributed by atoms with E-state index in [2.05, 4.69) is 6.08 Å². The van der Waals surface area contributed by atoms with Crippen molar-refractivity contribution in [2.75, 3.05) is 0 Å². The van der Waals surface area contributed by atoms with Gasteiger partial charge in [0.1, 0.15) is 0 Å². The fraction of sp³-hybridized carbons (Fsp3) is 0.920. The molecule has 0 spiro atoms. The van der Waals surface area contributed by atoms with Gasteiger partial charge >= 0.3 is 6.18 Å². The zero-order valence-corrected chi connectivity index (χ0v) is 21.2. The SMILES string of the molecule is OC1CC(C(F)(F)F)CCC1C1=CCC(C2CCC(CC3CCCC3)CC2)CC1.[Y]. The van der Waals surface area contributed by atoms with Crippen LogP contribution in [-0.2, 0) is 32.7 Å². The van der Waals surface area contributed by atoms with E-state index in [0.29, 0.717) is 6.42 Å². The van der Waals surface area contributed by atoms with Crippen molar-refractivity contribution in [3.8, 4) is 0 Å². The molecular weight excluding hydrogens is 462 g/mol. The first-order valence-electron chi connectivity index (χ1n) is 12.3. The van der Waals surface area contributed by atoms with E-state index in [4.69, 9.17) is 0 Å². The first kappa shape index (κ1) is 25.2. The summed E-state index contributed by atoms with van der Waals surface area (Å²) in [6.45, 7) is 0. The van der Waals surface area contributed by atoms with E-state index in [0.717, 1.165) is 36.5 Å². The quantitative estimate of drug-likeness (QED) is 0.397. The predicted molar refractivity (Wildman–Crippen MR) is 110 cm³/mol. The van der Waals surface area contributed by atoms with Crippen LogP contribution in [-0.4, -0.2) is 17.4 Å². The van der Waals surface area contributed by atoms with Crippen molar-refractivity contribution in [2.45, 2.75) is 109 Å². The van der Waals surface area contributed by atoms with Gasteiger partial charge in [0.15, 0.2) is 0 Å². The number of allylic oxidation sites excluding steroid dienone is 1. The van der Waals surface area contributed by atoms with Crippen LogP contribution in [0.25, 0.3) is 0 Å². The van der Waals surface area contributed by atoms with Crippen molar-refractivity contribution >= 4 is 0 Å². The second kappa shape index (κ2) is 11.1. The average molecular weight is 501 g/mol. The van der Waals surface area contributed by atoms with E-state index in [-0.39, 0.29) is 51.5 Å². The summed E-state index contributed by atoms with van der Waals surface area (Å²) in [4.78, 5) is 0. The Kier molecular flexibility index (Phi) is 9.37. The molecular formula is C25H39F3OY. The first-order chi connectivity index (χ1) is 13.9. The summed E-state index contributed by atoms with van der Waals surface area (Å²) in [5, 5.41) is 10.4. The summed E-state index contributed by atoms with van der Waals surface area (Å²) in [7, 11) is 0. The van der Waals surface area contributed by atoms with Gasteiger partial charge in [0.2, 0.25) is 0 Å². The van der Waals surface area contributed by atoms with Crippen molar-refractivity contribution < 1.29 is 51.0 Å². The number of hydrogen-bond donors (Lipinski definition) is 1. The maximum absolute atomic E-state index is 13.0. The van der Waals surface area contributed by atoms with E-state index >= 15 is 0 Å². The number of rotatable bonds is 4. The third-order valence-electron chi connectivity index (χ3n) is 8.94.